The van der Waals surface area contributed by atoms with Crippen LogP contribution in [0.1, 0.15) is 207 Å². The SMILES string of the molecule is CC\C=C/C=C\C=C/C=C\C=C\C=C/CCCCCC(=O)OC(COC(=O)CCCCC/C=C\CCCCCCCC)COC(=O)CCCCCCC\C=C/C=C\C=C/C=C\CCCCC. The highest BCUT2D eigenvalue weighted by Crippen LogP contribution is 2.12. The van der Waals surface area contributed by atoms with E-state index in [0.29, 0.717) is 19.3 Å². The number of carbonyl (C=O) groups excluding carboxylic acids is 3. The number of hydrogen-bond acceptors (Lipinski definition) is 6. The van der Waals surface area contributed by atoms with Gasteiger partial charge < -0.3 is 14.2 Å². The molecule has 0 aromatic carbocycles. The highest BCUT2D eigenvalue weighted by atomic mass is 16.6. The number of ether oxygens (including phenoxy) is 3. The molecule has 0 spiro atoms. The number of unbranched alkanes of at least 4 members (excludes halogenated alkanes) is 20. The summed E-state index contributed by atoms with van der Waals surface area (Å²) < 4.78 is 16.7. The highest BCUT2D eigenvalue weighted by Gasteiger charge is 2.19. The van der Waals surface area contributed by atoms with E-state index in [4.69, 9.17) is 14.2 Å². The maximum Gasteiger partial charge on any atom is 0.306 e. The standard InChI is InChI=1S/C60H94O6/c1-4-7-10-13-16-19-22-25-27-29-31-32-35-38-41-44-47-50-53-59(62)65-56-57(55-64-58(61)52-49-46-43-40-37-34-24-21-18-15-12-9-6-3)66-60(63)54-51-48-45-42-39-36-33-30-28-26-23-20-17-14-11-8-5-2/h8,11,14,16-17,19-20,22-23,25-34,36-37,39,57H,4-7,9-10,12-13,15,18,21,24,35,38,40-56H2,1-3H3/b11-8-,17-14-,19-16-,23-20-,25-22-,28-26-,29-27-,32-31-,33-30+,37-34-,39-36-. The molecule has 0 heterocycles. The molecule has 6 heteroatoms. The summed E-state index contributed by atoms with van der Waals surface area (Å²) in [5, 5.41) is 0. The number of esters is 3. The van der Waals surface area contributed by atoms with Gasteiger partial charge in [0.2, 0.25) is 0 Å². The molecular weight excluding hydrogens is 817 g/mol. The third-order valence-electron chi connectivity index (χ3n) is 10.6. The van der Waals surface area contributed by atoms with Crippen molar-refractivity contribution in [2.45, 2.75) is 213 Å². The summed E-state index contributed by atoms with van der Waals surface area (Å²) in [6.07, 6.45) is 74.2. The molecule has 0 aliphatic heterocycles. The number of carbonyl (C=O) groups is 3. The van der Waals surface area contributed by atoms with Crippen molar-refractivity contribution in [2.24, 2.45) is 0 Å². The Bertz CT molecular complexity index is 1460. The van der Waals surface area contributed by atoms with Crippen LogP contribution in [-0.2, 0) is 28.6 Å². The number of hydrogen-bond donors (Lipinski definition) is 0. The van der Waals surface area contributed by atoms with Gasteiger partial charge in [0.15, 0.2) is 6.10 Å². The second-order valence-electron chi connectivity index (χ2n) is 16.9. The van der Waals surface area contributed by atoms with Gasteiger partial charge in [-0.2, -0.15) is 0 Å². The Morgan fingerprint density at radius 3 is 1.02 bits per heavy atom. The first-order valence-electron chi connectivity index (χ1n) is 26.3. The Balaban J connectivity index is 4.58. The van der Waals surface area contributed by atoms with Gasteiger partial charge in [-0.05, 0) is 89.9 Å². The van der Waals surface area contributed by atoms with Crippen LogP contribution >= 0.6 is 0 Å². The lowest BCUT2D eigenvalue weighted by molar-refractivity contribution is -0.167. The molecule has 0 aliphatic carbocycles. The first-order chi connectivity index (χ1) is 32.5. The van der Waals surface area contributed by atoms with E-state index in [0.717, 1.165) is 103 Å². The van der Waals surface area contributed by atoms with Crippen LogP contribution in [0.15, 0.2) is 134 Å². The van der Waals surface area contributed by atoms with Gasteiger partial charge in [-0.25, -0.2) is 0 Å². The van der Waals surface area contributed by atoms with Gasteiger partial charge in [0.1, 0.15) is 13.2 Å². The fourth-order valence-corrected chi connectivity index (χ4v) is 6.65. The monoisotopic (exact) mass is 911 g/mol. The average molecular weight is 911 g/mol. The number of allylic oxidation sites excluding steroid dienone is 22. The van der Waals surface area contributed by atoms with Crippen molar-refractivity contribution >= 4 is 17.9 Å². The lowest BCUT2D eigenvalue weighted by atomic mass is 10.1. The van der Waals surface area contributed by atoms with E-state index in [1.807, 2.05) is 60.8 Å². The summed E-state index contributed by atoms with van der Waals surface area (Å²) >= 11 is 0. The van der Waals surface area contributed by atoms with Gasteiger partial charge in [-0.15, -0.1) is 0 Å². The van der Waals surface area contributed by atoms with Gasteiger partial charge >= 0.3 is 17.9 Å². The molecule has 0 radical (unpaired) electrons. The van der Waals surface area contributed by atoms with Crippen LogP contribution in [0.4, 0.5) is 0 Å². The van der Waals surface area contributed by atoms with Crippen molar-refractivity contribution in [1.29, 1.82) is 0 Å². The number of rotatable bonds is 45. The largest absolute Gasteiger partial charge is 0.462 e. The lowest BCUT2D eigenvalue weighted by Gasteiger charge is -2.18. The molecule has 0 aliphatic rings. The molecular formula is C60H94O6. The maximum atomic E-state index is 12.8. The van der Waals surface area contributed by atoms with E-state index in [1.54, 1.807) is 0 Å². The molecule has 0 bridgehead atoms. The summed E-state index contributed by atoms with van der Waals surface area (Å²) in [5.74, 6) is -1.01. The molecule has 0 rings (SSSR count). The lowest BCUT2D eigenvalue weighted by Crippen LogP contribution is -2.30. The Hall–Kier alpha value is -4.45. The molecule has 66 heavy (non-hydrogen) atoms. The van der Waals surface area contributed by atoms with Gasteiger partial charge in [0.25, 0.3) is 0 Å². The second kappa shape index (κ2) is 53.2. The molecule has 0 aromatic heterocycles. The van der Waals surface area contributed by atoms with E-state index >= 15 is 0 Å². The summed E-state index contributed by atoms with van der Waals surface area (Å²) in [7, 11) is 0. The van der Waals surface area contributed by atoms with Gasteiger partial charge in [-0.3, -0.25) is 14.4 Å². The first kappa shape index (κ1) is 61.5. The van der Waals surface area contributed by atoms with E-state index in [1.165, 1.54) is 57.8 Å². The van der Waals surface area contributed by atoms with Gasteiger partial charge in [0, 0.05) is 19.3 Å². The van der Waals surface area contributed by atoms with Crippen molar-refractivity contribution in [2.75, 3.05) is 13.2 Å². The van der Waals surface area contributed by atoms with Crippen molar-refractivity contribution in [3.63, 3.8) is 0 Å². The first-order valence-corrected chi connectivity index (χ1v) is 26.3. The van der Waals surface area contributed by atoms with E-state index < -0.39 is 6.10 Å². The molecule has 1 unspecified atom stereocenters. The zero-order valence-electron chi connectivity index (χ0n) is 42.1. The second-order valence-corrected chi connectivity index (χ2v) is 16.9. The summed E-state index contributed by atoms with van der Waals surface area (Å²) in [6, 6.07) is 0. The Kier molecular flexibility index (Phi) is 49.6. The minimum Gasteiger partial charge on any atom is -0.462 e. The topological polar surface area (TPSA) is 78.9 Å². The summed E-state index contributed by atoms with van der Waals surface area (Å²) in [4.78, 5) is 38.0. The minimum atomic E-state index is -0.822. The third-order valence-corrected chi connectivity index (χ3v) is 10.6. The zero-order valence-corrected chi connectivity index (χ0v) is 42.1. The smallest absolute Gasteiger partial charge is 0.306 e. The molecule has 0 N–H and O–H groups in total. The Labute approximate surface area is 405 Å². The molecule has 370 valence electrons. The van der Waals surface area contributed by atoms with Crippen LogP contribution in [0.25, 0.3) is 0 Å². The molecule has 0 amide bonds. The van der Waals surface area contributed by atoms with Crippen LogP contribution in [0.2, 0.25) is 0 Å². The molecule has 0 aromatic rings. The Morgan fingerprint density at radius 2 is 0.606 bits per heavy atom. The van der Waals surface area contributed by atoms with Gasteiger partial charge in [-0.1, -0.05) is 231 Å². The molecule has 0 saturated carbocycles. The summed E-state index contributed by atoms with van der Waals surface area (Å²) in [5.41, 5.74) is 0. The maximum absolute atomic E-state index is 12.8. The molecule has 0 saturated heterocycles. The van der Waals surface area contributed by atoms with Crippen LogP contribution < -0.4 is 0 Å². The van der Waals surface area contributed by atoms with Crippen molar-refractivity contribution in [3.8, 4) is 0 Å². The van der Waals surface area contributed by atoms with Crippen LogP contribution in [-0.4, -0.2) is 37.2 Å². The molecule has 0 fully saturated rings. The predicted octanol–water partition coefficient (Wildman–Crippen LogP) is 17.5. The van der Waals surface area contributed by atoms with Gasteiger partial charge in [0.05, 0.1) is 0 Å². The zero-order chi connectivity index (χ0) is 47.9. The average Bonchev–Trinajstić information content (AvgIpc) is 3.31. The van der Waals surface area contributed by atoms with Crippen LogP contribution in [0, 0.1) is 0 Å². The predicted molar refractivity (Wildman–Crippen MR) is 283 cm³/mol. The fraction of sp³-hybridized carbons (Fsp3) is 0.583. The van der Waals surface area contributed by atoms with E-state index in [2.05, 4.69) is 93.7 Å². The quantitative estimate of drug-likeness (QED) is 0.0199. The van der Waals surface area contributed by atoms with Crippen molar-refractivity contribution in [1.82, 2.24) is 0 Å². The van der Waals surface area contributed by atoms with E-state index in [-0.39, 0.29) is 37.5 Å². The fourth-order valence-electron chi connectivity index (χ4n) is 6.65. The summed E-state index contributed by atoms with van der Waals surface area (Å²) in [6.45, 7) is 6.35. The van der Waals surface area contributed by atoms with E-state index in [9.17, 15) is 14.4 Å². The molecule has 1 atom stereocenters. The normalized spacial score (nSPS) is 13.2. The van der Waals surface area contributed by atoms with Crippen molar-refractivity contribution < 1.29 is 28.6 Å². The highest BCUT2D eigenvalue weighted by molar-refractivity contribution is 5.71. The third kappa shape index (κ3) is 50.5. The molecule has 6 nitrogen and oxygen atoms in total. The minimum absolute atomic E-state index is 0.117. The van der Waals surface area contributed by atoms with Crippen LogP contribution in [0.3, 0.4) is 0 Å². The van der Waals surface area contributed by atoms with Crippen LogP contribution in [0.5, 0.6) is 0 Å². The van der Waals surface area contributed by atoms with Crippen molar-refractivity contribution in [3.05, 3.63) is 134 Å². The Morgan fingerprint density at radius 1 is 0.318 bits per heavy atom.